The molecule has 0 aromatic rings. The lowest BCUT2D eigenvalue weighted by atomic mass is 9.78. The van der Waals surface area contributed by atoms with Crippen LogP contribution in [0.4, 0.5) is 0 Å². The van der Waals surface area contributed by atoms with E-state index in [4.69, 9.17) is 10.2 Å². The van der Waals surface area contributed by atoms with E-state index in [1.54, 1.807) is 6.92 Å². The zero-order valence-electron chi connectivity index (χ0n) is 35.3. The van der Waals surface area contributed by atoms with Gasteiger partial charge in [0, 0.05) is 44.7 Å². The molecule has 0 saturated heterocycles. The average Bonchev–Trinajstić information content (AvgIpc) is 3.11. The van der Waals surface area contributed by atoms with Gasteiger partial charge in [-0.05, 0) is 63.7 Å². The smallest absolute Gasteiger partial charge is 0.306 e. The largest absolute Gasteiger partial charge is 0.481 e. The molecule has 59 heavy (non-hydrogen) atoms. The van der Waals surface area contributed by atoms with Crippen LogP contribution < -0.4 is 10.6 Å². The summed E-state index contributed by atoms with van der Waals surface area (Å²) >= 11 is 0. The first-order valence-electron chi connectivity index (χ1n) is 20.7. The molecule has 0 aliphatic heterocycles. The van der Waals surface area contributed by atoms with Crippen molar-refractivity contribution >= 4 is 116 Å². The zero-order chi connectivity index (χ0) is 38.4. The number of carbonyl (C=O) groups is 6. The van der Waals surface area contributed by atoms with Gasteiger partial charge in [-0.3, -0.25) is 28.8 Å². The van der Waals surface area contributed by atoms with Crippen LogP contribution in [-0.2, 0) is 28.8 Å². The van der Waals surface area contributed by atoms with Crippen LogP contribution >= 0.6 is 81.0 Å². The Balaban J connectivity index is -0.000000773. The summed E-state index contributed by atoms with van der Waals surface area (Å²) in [5.41, 5.74) is 0. The van der Waals surface area contributed by atoms with Gasteiger partial charge in [0.15, 0.2) is 0 Å². The number of ketones is 1. The molecule has 0 heterocycles. The Morgan fingerprint density at radius 1 is 0.508 bits per heavy atom. The molecule has 2 amide bonds. The molecule has 1 saturated carbocycles. The minimum Gasteiger partial charge on any atom is -0.481 e. The molecular weight excluding hydrogens is 869 g/mol. The molecule has 0 radical (unpaired) electrons. The lowest BCUT2D eigenvalue weighted by Gasteiger charge is -2.28. The van der Waals surface area contributed by atoms with Crippen molar-refractivity contribution in [1.82, 2.24) is 10.6 Å². The van der Waals surface area contributed by atoms with Gasteiger partial charge >= 0.3 is 17.9 Å². The van der Waals surface area contributed by atoms with E-state index in [1.165, 1.54) is 70.6 Å². The lowest BCUT2D eigenvalue weighted by Crippen LogP contribution is -2.33. The van der Waals surface area contributed by atoms with E-state index in [0.29, 0.717) is 64.0 Å². The van der Waals surface area contributed by atoms with E-state index in [9.17, 15) is 33.9 Å². The number of Topliss-reactive ketones (excluding diaryl/α,β-unsaturated/α-hetero) is 1. The molecule has 0 spiro atoms. The van der Waals surface area contributed by atoms with Crippen molar-refractivity contribution in [3.63, 3.8) is 0 Å². The number of rotatable bonds is 34. The quantitative estimate of drug-likeness (QED) is 0.0392. The zero-order valence-corrected chi connectivity index (χ0v) is 41.3. The second kappa shape index (κ2) is 48.2. The molecular formula is C42H88N2O9S6. The summed E-state index contributed by atoms with van der Waals surface area (Å²) < 4.78 is 0. The van der Waals surface area contributed by atoms with Crippen LogP contribution in [0.2, 0.25) is 0 Å². The number of unbranched alkanes of at least 4 members (excludes halogenated alkanes) is 16. The van der Waals surface area contributed by atoms with E-state index < -0.39 is 29.7 Å². The highest BCUT2D eigenvalue weighted by molar-refractivity contribution is 7.60. The second-order valence-electron chi connectivity index (χ2n) is 15.4. The van der Waals surface area contributed by atoms with Gasteiger partial charge in [-0.2, -0.15) is 81.0 Å². The summed E-state index contributed by atoms with van der Waals surface area (Å²) in [6.07, 6.45) is 24.8. The predicted octanol–water partition coefficient (Wildman–Crippen LogP) is 9.78. The molecule has 1 rings (SSSR count). The van der Waals surface area contributed by atoms with E-state index in [1.807, 2.05) is 0 Å². The van der Waals surface area contributed by atoms with Gasteiger partial charge < -0.3 is 26.0 Å². The lowest BCUT2D eigenvalue weighted by molar-refractivity contribution is -0.145. The van der Waals surface area contributed by atoms with E-state index in [-0.39, 0.29) is 131 Å². The number of hydrogen-bond donors (Lipinski definition) is 5. The van der Waals surface area contributed by atoms with Crippen molar-refractivity contribution in [2.24, 2.45) is 23.7 Å². The molecule has 0 aromatic carbocycles. The molecule has 11 nitrogen and oxygen atoms in total. The summed E-state index contributed by atoms with van der Waals surface area (Å²) in [7, 11) is 0. The van der Waals surface area contributed by atoms with Gasteiger partial charge in [0.25, 0.3) is 0 Å². The van der Waals surface area contributed by atoms with Crippen molar-refractivity contribution < 1.29 is 44.1 Å². The molecule has 1 aliphatic rings. The first-order chi connectivity index (χ1) is 25.0. The molecule has 0 unspecified atom stereocenters. The molecule has 1 fully saturated rings. The van der Waals surface area contributed by atoms with Crippen LogP contribution in [0, 0.1) is 23.7 Å². The highest BCUT2D eigenvalue weighted by Crippen LogP contribution is 2.31. The van der Waals surface area contributed by atoms with Crippen LogP contribution in [0.5, 0.6) is 0 Å². The topological polar surface area (TPSA) is 187 Å². The van der Waals surface area contributed by atoms with Gasteiger partial charge in [0.1, 0.15) is 5.78 Å². The fraction of sp³-hybridized carbons (Fsp3) is 0.857. The van der Waals surface area contributed by atoms with Gasteiger partial charge in [-0.15, -0.1) is 0 Å². The predicted molar refractivity (Wildman–Crippen MR) is 272 cm³/mol. The SMILES string of the molecule is C.C[C@@H](CCCCNC(=O)CC[C@H](CC(=O)C1CCC(CNC(=O)CCCCCCCCCCCCCCCCCCC(=O)O)CC1)C(=O)O)C(=O)O.S.S.S.S.S.S. The van der Waals surface area contributed by atoms with Crippen molar-refractivity contribution in [3.8, 4) is 0 Å². The number of carbonyl (C=O) groups excluding carboxylic acids is 3. The van der Waals surface area contributed by atoms with Crippen LogP contribution in [0.25, 0.3) is 0 Å². The normalized spacial score (nSPS) is 14.9. The maximum atomic E-state index is 12.9. The van der Waals surface area contributed by atoms with Crippen molar-refractivity contribution in [2.45, 2.75) is 194 Å². The Labute approximate surface area is 399 Å². The Kier molecular flexibility index (Phi) is 59.2. The van der Waals surface area contributed by atoms with Crippen LogP contribution in [0.3, 0.4) is 0 Å². The third kappa shape index (κ3) is 42.2. The molecule has 5 N–H and O–H groups in total. The Morgan fingerprint density at radius 2 is 0.932 bits per heavy atom. The molecule has 1 aliphatic carbocycles. The number of aliphatic carboxylic acids is 3. The van der Waals surface area contributed by atoms with Gasteiger partial charge in [0.2, 0.25) is 11.8 Å². The van der Waals surface area contributed by atoms with Gasteiger partial charge in [0.05, 0.1) is 11.8 Å². The molecule has 2 atom stereocenters. The first-order valence-corrected chi connectivity index (χ1v) is 20.7. The standard InChI is InChI=1S/C41H72N2O9.CH4.6H2S/c1-32(40(49)50)20-18-19-29-42-38(46)28-27-35(41(51)52)30-36(44)34-25-23-33(24-26-34)31-43-37(45)21-16-14-12-10-8-6-4-2-3-5-7-9-11-13-15-17-22-39(47)48;;;;;;;/h32-35H,2-31H2,1H3,(H,42,46)(H,43,45)(H,47,48)(H,49,50)(H,51,52);1H4;6*1H2/t32-,33?,34?,35+;;;;;;;/m0......./s1. The fourth-order valence-electron chi connectivity index (χ4n) is 7.11. The van der Waals surface area contributed by atoms with E-state index in [0.717, 1.165) is 44.9 Å². The Morgan fingerprint density at radius 3 is 1.36 bits per heavy atom. The van der Waals surface area contributed by atoms with Gasteiger partial charge in [-0.25, -0.2) is 0 Å². The van der Waals surface area contributed by atoms with E-state index in [2.05, 4.69) is 10.6 Å². The number of carboxylic acid groups (broad SMARTS) is 3. The second-order valence-corrected chi connectivity index (χ2v) is 15.4. The molecule has 0 aromatic heterocycles. The highest BCUT2D eigenvalue weighted by Gasteiger charge is 2.30. The summed E-state index contributed by atoms with van der Waals surface area (Å²) in [6, 6.07) is 0. The third-order valence-electron chi connectivity index (χ3n) is 10.8. The number of carboxylic acids is 3. The molecule has 17 heteroatoms. The summed E-state index contributed by atoms with van der Waals surface area (Å²) in [4.78, 5) is 70.7. The minimum absolute atomic E-state index is 0. The maximum Gasteiger partial charge on any atom is 0.306 e. The Hall–Kier alpha value is -0.880. The summed E-state index contributed by atoms with van der Waals surface area (Å²) in [5, 5.41) is 33.1. The van der Waals surface area contributed by atoms with Crippen molar-refractivity contribution in [2.75, 3.05) is 13.1 Å². The number of hydrogen-bond acceptors (Lipinski definition) is 6. The third-order valence-corrected chi connectivity index (χ3v) is 10.8. The van der Waals surface area contributed by atoms with E-state index >= 15 is 0 Å². The van der Waals surface area contributed by atoms with Crippen molar-refractivity contribution in [3.05, 3.63) is 0 Å². The van der Waals surface area contributed by atoms with Gasteiger partial charge in [-0.1, -0.05) is 111 Å². The number of nitrogens with one attached hydrogen (secondary N) is 2. The molecule has 356 valence electrons. The monoisotopic (exact) mass is 956 g/mol. The summed E-state index contributed by atoms with van der Waals surface area (Å²) in [6.45, 7) is 2.69. The Bertz CT molecular complexity index is 1050. The minimum atomic E-state index is -1.06. The van der Waals surface area contributed by atoms with Crippen LogP contribution in [0.15, 0.2) is 0 Å². The van der Waals surface area contributed by atoms with Crippen LogP contribution in [0.1, 0.15) is 194 Å². The summed E-state index contributed by atoms with van der Waals surface area (Å²) in [5.74, 6) is -3.93. The fourth-order valence-corrected chi connectivity index (χ4v) is 7.11. The molecule has 0 bridgehead atoms. The average molecular weight is 958 g/mol. The van der Waals surface area contributed by atoms with Crippen molar-refractivity contribution in [1.29, 1.82) is 0 Å². The first kappa shape index (κ1) is 72.6. The highest BCUT2D eigenvalue weighted by atomic mass is 32.1. The maximum absolute atomic E-state index is 12.9. The van der Waals surface area contributed by atoms with Crippen LogP contribution in [-0.4, -0.2) is 63.9 Å². The number of amides is 2.